The Morgan fingerprint density at radius 2 is 1.88 bits per heavy atom. The molecular formula is C14H27NO2. The lowest BCUT2D eigenvalue weighted by atomic mass is 9.84. The lowest BCUT2D eigenvalue weighted by Crippen LogP contribution is -2.48. The van der Waals surface area contributed by atoms with E-state index in [-0.39, 0.29) is 17.9 Å². The molecule has 100 valence electrons. The first-order valence-corrected chi connectivity index (χ1v) is 6.92. The maximum atomic E-state index is 11.7. The minimum absolute atomic E-state index is 0.127. The van der Waals surface area contributed by atoms with E-state index >= 15 is 0 Å². The first-order valence-electron chi connectivity index (χ1n) is 6.92. The van der Waals surface area contributed by atoms with Gasteiger partial charge in [-0.05, 0) is 37.5 Å². The third-order valence-corrected chi connectivity index (χ3v) is 3.96. The molecule has 1 aliphatic rings. The maximum Gasteiger partial charge on any atom is 0.323 e. The van der Waals surface area contributed by atoms with Crippen LogP contribution in [0, 0.1) is 11.8 Å². The van der Waals surface area contributed by atoms with Gasteiger partial charge < -0.3 is 10.1 Å². The zero-order chi connectivity index (χ0) is 12.8. The number of hydrogen-bond acceptors (Lipinski definition) is 3. The molecule has 0 heterocycles. The second kappa shape index (κ2) is 7.00. The van der Waals surface area contributed by atoms with Crippen LogP contribution in [0.4, 0.5) is 0 Å². The number of esters is 1. The highest BCUT2D eigenvalue weighted by Crippen LogP contribution is 2.27. The molecule has 1 N–H and O–H groups in total. The zero-order valence-corrected chi connectivity index (χ0v) is 11.7. The molecule has 1 rings (SSSR count). The molecular weight excluding hydrogens is 214 g/mol. The fourth-order valence-corrected chi connectivity index (χ4v) is 2.65. The maximum absolute atomic E-state index is 11.7. The van der Waals surface area contributed by atoms with E-state index in [1.165, 1.54) is 39.2 Å². The summed E-state index contributed by atoms with van der Waals surface area (Å²) in [5.74, 6) is 1.05. The minimum atomic E-state index is -0.150. The third-order valence-electron chi connectivity index (χ3n) is 3.96. The van der Waals surface area contributed by atoms with E-state index in [1.807, 2.05) is 0 Å². The second-order valence-electron chi connectivity index (χ2n) is 5.54. The number of methoxy groups -OCH3 is 1. The smallest absolute Gasteiger partial charge is 0.323 e. The summed E-state index contributed by atoms with van der Waals surface area (Å²) < 4.78 is 4.86. The summed E-state index contributed by atoms with van der Waals surface area (Å²) in [4.78, 5) is 11.7. The third kappa shape index (κ3) is 4.30. The van der Waals surface area contributed by atoms with Gasteiger partial charge in [0.25, 0.3) is 0 Å². The highest BCUT2D eigenvalue weighted by atomic mass is 16.5. The van der Waals surface area contributed by atoms with Crippen molar-refractivity contribution in [2.75, 3.05) is 7.11 Å². The number of carbonyl (C=O) groups excluding carboxylic acids is 1. The fraction of sp³-hybridized carbons (Fsp3) is 0.929. The summed E-state index contributed by atoms with van der Waals surface area (Å²) in [5, 5.41) is 3.48. The van der Waals surface area contributed by atoms with Crippen LogP contribution in [0.3, 0.4) is 0 Å². The molecule has 0 spiro atoms. The van der Waals surface area contributed by atoms with Gasteiger partial charge in [-0.25, -0.2) is 0 Å². The SMILES string of the molecule is CCC1CCC(N[C@@H](C(=O)OC)C(C)C)CC1. The average molecular weight is 241 g/mol. The lowest BCUT2D eigenvalue weighted by Gasteiger charge is -2.32. The Morgan fingerprint density at radius 3 is 2.29 bits per heavy atom. The first kappa shape index (κ1) is 14.5. The molecule has 1 fully saturated rings. The van der Waals surface area contributed by atoms with Crippen LogP contribution in [0.5, 0.6) is 0 Å². The Morgan fingerprint density at radius 1 is 1.29 bits per heavy atom. The molecule has 1 saturated carbocycles. The highest BCUT2D eigenvalue weighted by molar-refractivity contribution is 5.75. The van der Waals surface area contributed by atoms with Crippen molar-refractivity contribution in [3.05, 3.63) is 0 Å². The summed E-state index contributed by atoms with van der Waals surface area (Å²) in [6, 6.07) is 0.340. The Labute approximate surface area is 105 Å². The van der Waals surface area contributed by atoms with Gasteiger partial charge in [0.1, 0.15) is 6.04 Å². The summed E-state index contributed by atoms with van der Waals surface area (Å²) in [6.45, 7) is 6.39. The van der Waals surface area contributed by atoms with Crippen LogP contribution in [0.2, 0.25) is 0 Å². The molecule has 0 aliphatic heterocycles. The van der Waals surface area contributed by atoms with Gasteiger partial charge in [0.15, 0.2) is 0 Å². The van der Waals surface area contributed by atoms with Crippen molar-refractivity contribution < 1.29 is 9.53 Å². The lowest BCUT2D eigenvalue weighted by molar-refractivity contribution is -0.144. The molecule has 0 amide bonds. The summed E-state index contributed by atoms with van der Waals surface area (Å²) >= 11 is 0. The van der Waals surface area contributed by atoms with Gasteiger partial charge in [-0.1, -0.05) is 27.2 Å². The van der Waals surface area contributed by atoms with E-state index in [0.29, 0.717) is 6.04 Å². The quantitative estimate of drug-likeness (QED) is 0.752. The van der Waals surface area contributed by atoms with Crippen molar-refractivity contribution in [1.29, 1.82) is 0 Å². The van der Waals surface area contributed by atoms with Gasteiger partial charge >= 0.3 is 5.97 Å². The van der Waals surface area contributed by atoms with Crippen LogP contribution >= 0.6 is 0 Å². The van der Waals surface area contributed by atoms with E-state index in [0.717, 1.165) is 5.92 Å². The predicted octanol–water partition coefficient (Wildman–Crippen LogP) is 2.74. The number of hydrogen-bond donors (Lipinski definition) is 1. The van der Waals surface area contributed by atoms with E-state index in [2.05, 4.69) is 26.1 Å². The molecule has 3 nitrogen and oxygen atoms in total. The van der Waals surface area contributed by atoms with Crippen molar-refractivity contribution in [3.8, 4) is 0 Å². The average Bonchev–Trinajstić information content (AvgIpc) is 2.35. The molecule has 1 atom stereocenters. The van der Waals surface area contributed by atoms with Crippen LogP contribution in [0.25, 0.3) is 0 Å². The molecule has 0 radical (unpaired) electrons. The number of nitrogens with one attached hydrogen (secondary N) is 1. The molecule has 0 saturated heterocycles. The molecule has 0 bridgehead atoms. The molecule has 0 unspecified atom stereocenters. The standard InChI is InChI=1S/C14H27NO2/c1-5-11-6-8-12(9-7-11)15-13(10(2)3)14(16)17-4/h10-13,15H,5-9H2,1-4H3/t11?,12?,13-/m1/s1. The number of carbonyl (C=O) groups is 1. The number of rotatable bonds is 5. The van der Waals surface area contributed by atoms with Crippen LogP contribution in [-0.2, 0) is 9.53 Å². The van der Waals surface area contributed by atoms with Crippen molar-refractivity contribution in [1.82, 2.24) is 5.32 Å². The minimum Gasteiger partial charge on any atom is -0.468 e. The van der Waals surface area contributed by atoms with Crippen molar-refractivity contribution in [2.24, 2.45) is 11.8 Å². The zero-order valence-electron chi connectivity index (χ0n) is 11.7. The molecule has 0 aromatic rings. The largest absolute Gasteiger partial charge is 0.468 e. The summed E-state index contributed by atoms with van der Waals surface area (Å²) in [7, 11) is 1.47. The molecule has 1 aliphatic carbocycles. The van der Waals surface area contributed by atoms with Crippen molar-refractivity contribution >= 4 is 5.97 Å². The van der Waals surface area contributed by atoms with E-state index < -0.39 is 0 Å². The molecule has 0 aromatic carbocycles. The van der Waals surface area contributed by atoms with Gasteiger partial charge in [-0.3, -0.25) is 4.79 Å². The topological polar surface area (TPSA) is 38.3 Å². The Kier molecular flexibility index (Phi) is 5.96. The van der Waals surface area contributed by atoms with Crippen LogP contribution < -0.4 is 5.32 Å². The van der Waals surface area contributed by atoms with Crippen LogP contribution in [0.15, 0.2) is 0 Å². The Bertz CT molecular complexity index is 232. The molecule has 3 heteroatoms. The van der Waals surface area contributed by atoms with Gasteiger partial charge in [-0.15, -0.1) is 0 Å². The fourth-order valence-electron chi connectivity index (χ4n) is 2.65. The van der Waals surface area contributed by atoms with Gasteiger partial charge in [0.05, 0.1) is 7.11 Å². The second-order valence-corrected chi connectivity index (χ2v) is 5.54. The highest BCUT2D eigenvalue weighted by Gasteiger charge is 2.28. The van der Waals surface area contributed by atoms with Crippen LogP contribution in [-0.4, -0.2) is 25.2 Å². The van der Waals surface area contributed by atoms with Gasteiger partial charge in [0, 0.05) is 6.04 Å². The Hall–Kier alpha value is -0.570. The van der Waals surface area contributed by atoms with E-state index in [9.17, 15) is 4.79 Å². The van der Waals surface area contributed by atoms with Crippen LogP contribution in [0.1, 0.15) is 52.9 Å². The predicted molar refractivity (Wildman–Crippen MR) is 69.8 cm³/mol. The molecule has 17 heavy (non-hydrogen) atoms. The monoisotopic (exact) mass is 241 g/mol. The van der Waals surface area contributed by atoms with Crippen molar-refractivity contribution in [2.45, 2.75) is 65.0 Å². The van der Waals surface area contributed by atoms with Gasteiger partial charge in [0.2, 0.25) is 0 Å². The summed E-state index contributed by atoms with van der Waals surface area (Å²) in [6.07, 6.45) is 6.26. The normalized spacial score (nSPS) is 26.9. The molecule has 0 aromatic heterocycles. The van der Waals surface area contributed by atoms with Gasteiger partial charge in [-0.2, -0.15) is 0 Å². The summed E-state index contributed by atoms with van der Waals surface area (Å²) in [5.41, 5.74) is 0. The van der Waals surface area contributed by atoms with E-state index in [1.54, 1.807) is 0 Å². The Balaban J connectivity index is 2.43. The van der Waals surface area contributed by atoms with E-state index in [4.69, 9.17) is 4.74 Å². The van der Waals surface area contributed by atoms with Crippen molar-refractivity contribution in [3.63, 3.8) is 0 Å². The number of ether oxygens (including phenoxy) is 1. The first-order chi connectivity index (χ1) is 8.08.